The molecule has 0 spiro atoms. The van der Waals surface area contributed by atoms with Gasteiger partial charge in [-0.1, -0.05) is 39.0 Å². The van der Waals surface area contributed by atoms with Gasteiger partial charge in [0.1, 0.15) is 6.04 Å². The van der Waals surface area contributed by atoms with Crippen molar-refractivity contribution in [2.45, 2.75) is 58.5 Å². The summed E-state index contributed by atoms with van der Waals surface area (Å²) in [5.41, 5.74) is 0.627. The number of piperidine rings is 1. The molecule has 0 saturated carbocycles. The van der Waals surface area contributed by atoms with Crippen molar-refractivity contribution in [2.75, 3.05) is 18.5 Å². The van der Waals surface area contributed by atoms with Crippen LogP contribution in [0.5, 0.6) is 0 Å². The van der Waals surface area contributed by atoms with Gasteiger partial charge in [0.05, 0.1) is 0 Å². The predicted octanol–water partition coefficient (Wildman–Crippen LogP) is 3.17. The van der Waals surface area contributed by atoms with Crippen LogP contribution in [0.3, 0.4) is 0 Å². The average Bonchev–Trinajstić information content (AvgIpc) is 2.70. The second-order valence-electron chi connectivity index (χ2n) is 7.44. The summed E-state index contributed by atoms with van der Waals surface area (Å²) < 4.78 is 5.25. The standard InChI is InChI=1S/C21H31N3O4/c1-4-17-12-8-9-13-24(17)18(25)14-28-20(26)19(15(2)3)23-21(27)22-16-10-6-5-7-11-16/h5-7,10-11,15,17,19H,4,8-9,12-14H2,1-3H3,(H2,22,23,27)/t17-,19-/m0/s1. The fourth-order valence-corrected chi connectivity index (χ4v) is 3.39. The zero-order chi connectivity index (χ0) is 20.5. The lowest BCUT2D eigenvalue weighted by Gasteiger charge is -2.35. The number of anilines is 1. The van der Waals surface area contributed by atoms with Gasteiger partial charge >= 0.3 is 12.0 Å². The van der Waals surface area contributed by atoms with Gasteiger partial charge in [0.25, 0.3) is 5.91 Å². The van der Waals surface area contributed by atoms with Crippen LogP contribution in [-0.2, 0) is 14.3 Å². The quantitative estimate of drug-likeness (QED) is 0.701. The first-order valence-corrected chi connectivity index (χ1v) is 10.0. The maximum absolute atomic E-state index is 12.5. The number of rotatable bonds is 7. The zero-order valence-corrected chi connectivity index (χ0v) is 16.9. The van der Waals surface area contributed by atoms with Crippen molar-refractivity contribution in [2.24, 2.45) is 5.92 Å². The second kappa shape index (κ2) is 10.7. The Labute approximate surface area is 166 Å². The number of ether oxygens (including phenoxy) is 1. The van der Waals surface area contributed by atoms with Gasteiger partial charge in [-0.3, -0.25) is 4.79 Å². The molecule has 28 heavy (non-hydrogen) atoms. The minimum Gasteiger partial charge on any atom is -0.454 e. The van der Waals surface area contributed by atoms with E-state index < -0.39 is 18.0 Å². The van der Waals surface area contributed by atoms with E-state index in [1.807, 2.05) is 24.8 Å². The van der Waals surface area contributed by atoms with Crippen molar-refractivity contribution >= 4 is 23.6 Å². The van der Waals surface area contributed by atoms with Gasteiger partial charge in [0, 0.05) is 18.3 Å². The van der Waals surface area contributed by atoms with Crippen LogP contribution in [-0.4, -0.2) is 48.0 Å². The lowest BCUT2D eigenvalue weighted by atomic mass is 10.00. The molecule has 1 saturated heterocycles. The fourth-order valence-electron chi connectivity index (χ4n) is 3.39. The first kappa shape index (κ1) is 21.7. The van der Waals surface area contributed by atoms with Crippen molar-refractivity contribution in [3.8, 4) is 0 Å². The number of hydrogen-bond acceptors (Lipinski definition) is 4. The number of likely N-dealkylation sites (tertiary alicyclic amines) is 1. The Kier molecular flexibility index (Phi) is 8.29. The van der Waals surface area contributed by atoms with Crippen molar-refractivity contribution in [1.29, 1.82) is 0 Å². The van der Waals surface area contributed by atoms with E-state index >= 15 is 0 Å². The number of nitrogens with zero attached hydrogens (tertiary/aromatic N) is 1. The highest BCUT2D eigenvalue weighted by Gasteiger charge is 2.29. The van der Waals surface area contributed by atoms with Crippen molar-refractivity contribution < 1.29 is 19.1 Å². The number of carbonyl (C=O) groups excluding carboxylic acids is 3. The molecule has 1 aromatic rings. The highest BCUT2D eigenvalue weighted by atomic mass is 16.5. The molecule has 0 unspecified atom stereocenters. The molecule has 7 heteroatoms. The van der Waals surface area contributed by atoms with Crippen LogP contribution in [0.25, 0.3) is 0 Å². The lowest BCUT2D eigenvalue weighted by molar-refractivity contribution is -0.155. The summed E-state index contributed by atoms with van der Waals surface area (Å²) in [6, 6.07) is 7.86. The third kappa shape index (κ3) is 6.25. The summed E-state index contributed by atoms with van der Waals surface area (Å²) in [5, 5.41) is 5.32. The smallest absolute Gasteiger partial charge is 0.329 e. The summed E-state index contributed by atoms with van der Waals surface area (Å²) >= 11 is 0. The number of esters is 1. The Morgan fingerprint density at radius 3 is 2.54 bits per heavy atom. The largest absolute Gasteiger partial charge is 0.454 e. The summed E-state index contributed by atoms with van der Waals surface area (Å²) in [4.78, 5) is 39.0. The molecule has 2 atom stereocenters. The molecule has 1 fully saturated rings. The normalized spacial score (nSPS) is 17.7. The van der Waals surface area contributed by atoms with Crippen molar-refractivity contribution in [3.63, 3.8) is 0 Å². The minimum atomic E-state index is -0.833. The molecule has 1 heterocycles. The molecule has 2 N–H and O–H groups in total. The predicted molar refractivity (Wildman–Crippen MR) is 108 cm³/mol. The number of carbonyl (C=O) groups is 3. The van der Waals surface area contributed by atoms with Crippen LogP contribution in [0.15, 0.2) is 30.3 Å². The van der Waals surface area contributed by atoms with E-state index in [1.54, 1.807) is 24.3 Å². The van der Waals surface area contributed by atoms with Gasteiger partial charge in [-0.25, -0.2) is 9.59 Å². The van der Waals surface area contributed by atoms with Crippen molar-refractivity contribution in [3.05, 3.63) is 30.3 Å². The van der Waals surface area contributed by atoms with E-state index in [2.05, 4.69) is 17.6 Å². The Morgan fingerprint density at radius 2 is 1.89 bits per heavy atom. The fraction of sp³-hybridized carbons (Fsp3) is 0.571. The number of amides is 3. The van der Waals surface area contributed by atoms with E-state index in [-0.39, 0.29) is 24.5 Å². The third-order valence-corrected chi connectivity index (χ3v) is 5.00. The minimum absolute atomic E-state index is 0.170. The van der Waals surface area contributed by atoms with Crippen LogP contribution in [0, 0.1) is 5.92 Å². The Bertz CT molecular complexity index is 663. The van der Waals surface area contributed by atoms with Gasteiger partial charge in [0.15, 0.2) is 6.61 Å². The number of nitrogens with one attached hydrogen (secondary N) is 2. The molecule has 0 bridgehead atoms. The SMILES string of the molecule is CC[C@H]1CCCCN1C(=O)COC(=O)[C@@H](NC(=O)Nc1ccccc1)C(C)C. The molecular weight excluding hydrogens is 358 g/mol. The monoisotopic (exact) mass is 389 g/mol. The van der Waals surface area contributed by atoms with Crippen LogP contribution in [0.4, 0.5) is 10.5 Å². The molecule has 0 aliphatic carbocycles. The molecule has 7 nitrogen and oxygen atoms in total. The van der Waals surface area contributed by atoms with Crippen LogP contribution >= 0.6 is 0 Å². The number of para-hydroxylation sites is 1. The van der Waals surface area contributed by atoms with Crippen LogP contribution < -0.4 is 10.6 Å². The maximum atomic E-state index is 12.5. The number of urea groups is 1. The molecule has 1 aromatic carbocycles. The van der Waals surface area contributed by atoms with Crippen LogP contribution in [0.1, 0.15) is 46.5 Å². The molecule has 1 aliphatic heterocycles. The van der Waals surface area contributed by atoms with E-state index in [0.29, 0.717) is 12.2 Å². The molecule has 0 aromatic heterocycles. The highest BCUT2D eigenvalue weighted by Crippen LogP contribution is 2.19. The van der Waals surface area contributed by atoms with Crippen molar-refractivity contribution in [1.82, 2.24) is 10.2 Å². The van der Waals surface area contributed by atoms with Gasteiger partial charge in [0.2, 0.25) is 0 Å². The van der Waals surface area contributed by atoms with E-state index in [4.69, 9.17) is 4.74 Å². The molecule has 0 radical (unpaired) electrons. The van der Waals surface area contributed by atoms with Gasteiger partial charge < -0.3 is 20.3 Å². The molecule has 3 amide bonds. The molecule has 2 rings (SSSR count). The highest BCUT2D eigenvalue weighted by molar-refractivity contribution is 5.93. The summed E-state index contributed by atoms with van der Waals surface area (Å²) in [6.45, 7) is 6.11. The summed E-state index contributed by atoms with van der Waals surface area (Å²) in [5.74, 6) is -0.949. The molecule has 1 aliphatic rings. The van der Waals surface area contributed by atoms with Crippen LogP contribution in [0.2, 0.25) is 0 Å². The number of hydrogen-bond donors (Lipinski definition) is 2. The van der Waals surface area contributed by atoms with Gasteiger partial charge in [-0.2, -0.15) is 0 Å². The van der Waals surface area contributed by atoms with E-state index in [0.717, 1.165) is 25.7 Å². The summed E-state index contributed by atoms with van der Waals surface area (Å²) in [6.07, 6.45) is 3.99. The first-order chi connectivity index (χ1) is 13.4. The Balaban J connectivity index is 1.88. The summed E-state index contributed by atoms with van der Waals surface area (Å²) in [7, 11) is 0. The maximum Gasteiger partial charge on any atom is 0.329 e. The lowest BCUT2D eigenvalue weighted by Crippen LogP contribution is -2.49. The number of benzene rings is 1. The third-order valence-electron chi connectivity index (χ3n) is 5.00. The van der Waals surface area contributed by atoms with E-state index in [9.17, 15) is 14.4 Å². The zero-order valence-electron chi connectivity index (χ0n) is 16.9. The Morgan fingerprint density at radius 1 is 1.18 bits per heavy atom. The molecular formula is C21H31N3O4. The van der Waals surface area contributed by atoms with E-state index in [1.165, 1.54) is 0 Å². The first-order valence-electron chi connectivity index (χ1n) is 10.0. The average molecular weight is 389 g/mol. The van der Waals surface area contributed by atoms with Gasteiger partial charge in [-0.05, 0) is 43.7 Å². The topological polar surface area (TPSA) is 87.7 Å². The Hall–Kier alpha value is -2.57. The molecule has 154 valence electrons. The second-order valence-corrected chi connectivity index (χ2v) is 7.44. The van der Waals surface area contributed by atoms with Gasteiger partial charge in [-0.15, -0.1) is 0 Å².